The second-order valence-electron chi connectivity index (χ2n) is 5.48. The Morgan fingerprint density at radius 1 is 1.17 bits per heavy atom. The Bertz CT molecular complexity index is 640. The van der Waals surface area contributed by atoms with Crippen molar-refractivity contribution in [2.45, 2.75) is 39.2 Å². The zero-order valence-corrected chi connectivity index (χ0v) is 14.3. The summed E-state index contributed by atoms with van der Waals surface area (Å²) in [5.41, 5.74) is 2.05. The Labute approximate surface area is 142 Å². The van der Waals surface area contributed by atoms with E-state index in [1.54, 1.807) is 19.1 Å². The zero-order valence-electron chi connectivity index (χ0n) is 13.5. The predicted molar refractivity (Wildman–Crippen MR) is 95.2 cm³/mol. The third-order valence-corrected chi connectivity index (χ3v) is 3.86. The number of ether oxygens (including phenoxy) is 1. The topological polar surface area (TPSA) is 38.3 Å². The van der Waals surface area contributed by atoms with E-state index in [9.17, 15) is 4.79 Å². The van der Waals surface area contributed by atoms with Crippen LogP contribution in [0.1, 0.15) is 32.3 Å². The lowest BCUT2D eigenvalue weighted by Crippen LogP contribution is -2.30. The van der Waals surface area contributed by atoms with Gasteiger partial charge < -0.3 is 10.1 Å². The number of carbonyl (C=O) groups is 1. The number of rotatable bonds is 7. The Balaban J connectivity index is 1.91. The standard InChI is InChI=1S/C19H22ClNO2/c1-3-4-7-15-10-12-16(13-11-15)21-19(22)14(2)23-18-9-6-5-8-17(18)20/h5-6,8-14H,3-4,7H2,1-2H3,(H,21,22). The zero-order chi connectivity index (χ0) is 16.7. The van der Waals surface area contributed by atoms with Crippen molar-refractivity contribution in [2.24, 2.45) is 0 Å². The molecule has 0 aliphatic rings. The second kappa shape index (κ2) is 8.59. The minimum Gasteiger partial charge on any atom is -0.479 e. The van der Waals surface area contributed by atoms with E-state index >= 15 is 0 Å². The Kier molecular flexibility index (Phi) is 6.48. The Hall–Kier alpha value is -2.00. The number of hydrogen-bond acceptors (Lipinski definition) is 2. The largest absolute Gasteiger partial charge is 0.479 e. The monoisotopic (exact) mass is 331 g/mol. The summed E-state index contributed by atoms with van der Waals surface area (Å²) in [5, 5.41) is 3.35. The van der Waals surface area contributed by atoms with Crippen LogP contribution in [-0.2, 0) is 11.2 Å². The normalized spacial score (nSPS) is 11.8. The van der Waals surface area contributed by atoms with Crippen molar-refractivity contribution in [3.05, 3.63) is 59.1 Å². The summed E-state index contributed by atoms with van der Waals surface area (Å²) in [7, 11) is 0. The lowest BCUT2D eigenvalue weighted by molar-refractivity contribution is -0.122. The molecule has 0 radical (unpaired) electrons. The number of hydrogen-bond donors (Lipinski definition) is 1. The first kappa shape index (κ1) is 17.4. The maximum atomic E-state index is 12.2. The fourth-order valence-electron chi connectivity index (χ4n) is 2.16. The average Bonchev–Trinajstić information content (AvgIpc) is 2.56. The molecule has 0 fully saturated rings. The molecule has 2 aromatic carbocycles. The molecule has 23 heavy (non-hydrogen) atoms. The molecule has 0 aliphatic carbocycles. The molecule has 1 unspecified atom stereocenters. The lowest BCUT2D eigenvalue weighted by Gasteiger charge is -2.15. The number of benzene rings is 2. The molecule has 0 aromatic heterocycles. The highest BCUT2D eigenvalue weighted by molar-refractivity contribution is 6.32. The molecule has 0 heterocycles. The van der Waals surface area contributed by atoms with Gasteiger partial charge in [-0.15, -0.1) is 0 Å². The van der Waals surface area contributed by atoms with Gasteiger partial charge in [0.2, 0.25) is 0 Å². The first-order valence-corrected chi connectivity index (χ1v) is 8.29. The summed E-state index contributed by atoms with van der Waals surface area (Å²) < 4.78 is 5.61. The van der Waals surface area contributed by atoms with Crippen LogP contribution >= 0.6 is 11.6 Å². The molecule has 0 aliphatic heterocycles. The van der Waals surface area contributed by atoms with E-state index in [0.717, 1.165) is 12.1 Å². The van der Waals surface area contributed by atoms with Crippen molar-refractivity contribution in [2.75, 3.05) is 5.32 Å². The summed E-state index contributed by atoms with van der Waals surface area (Å²) in [4.78, 5) is 12.2. The SMILES string of the molecule is CCCCc1ccc(NC(=O)C(C)Oc2ccccc2Cl)cc1. The van der Waals surface area contributed by atoms with Gasteiger partial charge in [-0.05, 0) is 49.6 Å². The molecule has 3 nitrogen and oxygen atoms in total. The maximum Gasteiger partial charge on any atom is 0.265 e. The number of amides is 1. The lowest BCUT2D eigenvalue weighted by atomic mass is 10.1. The average molecular weight is 332 g/mol. The third kappa shape index (κ3) is 5.29. The summed E-state index contributed by atoms with van der Waals surface area (Å²) in [6.07, 6.45) is 2.79. The molecular formula is C19H22ClNO2. The minimum atomic E-state index is -0.630. The van der Waals surface area contributed by atoms with Crippen molar-refractivity contribution in [1.29, 1.82) is 0 Å². The molecule has 0 saturated heterocycles. The molecule has 1 amide bonds. The van der Waals surface area contributed by atoms with E-state index in [2.05, 4.69) is 12.2 Å². The smallest absolute Gasteiger partial charge is 0.265 e. The van der Waals surface area contributed by atoms with Gasteiger partial charge in [0.25, 0.3) is 5.91 Å². The molecule has 0 saturated carbocycles. The van der Waals surface area contributed by atoms with Gasteiger partial charge >= 0.3 is 0 Å². The number of nitrogens with one attached hydrogen (secondary N) is 1. The van der Waals surface area contributed by atoms with Crippen LogP contribution in [0.25, 0.3) is 0 Å². The van der Waals surface area contributed by atoms with E-state index in [1.807, 2.05) is 36.4 Å². The minimum absolute atomic E-state index is 0.203. The number of unbranched alkanes of at least 4 members (excludes halogenated alkanes) is 1. The van der Waals surface area contributed by atoms with Crippen molar-refractivity contribution in [3.63, 3.8) is 0 Å². The maximum absolute atomic E-state index is 12.2. The summed E-state index contributed by atoms with van der Waals surface area (Å²) in [6, 6.07) is 15.1. The quantitative estimate of drug-likeness (QED) is 0.767. The van der Waals surface area contributed by atoms with Crippen molar-refractivity contribution < 1.29 is 9.53 Å². The summed E-state index contributed by atoms with van der Waals surface area (Å²) in [5.74, 6) is 0.304. The number of aryl methyl sites for hydroxylation is 1. The highest BCUT2D eigenvalue weighted by Gasteiger charge is 2.16. The molecule has 1 atom stereocenters. The van der Waals surface area contributed by atoms with Crippen molar-refractivity contribution >= 4 is 23.2 Å². The molecule has 122 valence electrons. The van der Waals surface area contributed by atoms with E-state index < -0.39 is 6.10 Å². The number of halogens is 1. The molecule has 1 N–H and O–H groups in total. The number of carbonyl (C=O) groups excluding carboxylic acids is 1. The molecular weight excluding hydrogens is 310 g/mol. The van der Waals surface area contributed by atoms with Crippen LogP contribution < -0.4 is 10.1 Å². The highest BCUT2D eigenvalue weighted by atomic mass is 35.5. The fraction of sp³-hybridized carbons (Fsp3) is 0.316. The van der Waals surface area contributed by atoms with Gasteiger partial charge in [0, 0.05) is 5.69 Å². The van der Waals surface area contributed by atoms with Gasteiger partial charge in [0.1, 0.15) is 5.75 Å². The van der Waals surface area contributed by atoms with Gasteiger partial charge in [-0.3, -0.25) is 4.79 Å². The predicted octanol–water partition coefficient (Wildman–Crippen LogP) is 5.09. The summed E-state index contributed by atoms with van der Waals surface area (Å²) in [6.45, 7) is 3.88. The van der Waals surface area contributed by atoms with Crippen LogP contribution in [0.5, 0.6) is 5.75 Å². The molecule has 2 rings (SSSR count). The van der Waals surface area contributed by atoms with Crippen LogP contribution in [0.3, 0.4) is 0 Å². The van der Waals surface area contributed by atoms with Crippen LogP contribution in [0, 0.1) is 0 Å². The molecule has 2 aromatic rings. The first-order chi connectivity index (χ1) is 11.1. The Morgan fingerprint density at radius 2 is 1.87 bits per heavy atom. The van der Waals surface area contributed by atoms with Crippen molar-refractivity contribution in [1.82, 2.24) is 0 Å². The molecule has 4 heteroatoms. The van der Waals surface area contributed by atoms with Crippen LogP contribution in [0.4, 0.5) is 5.69 Å². The van der Waals surface area contributed by atoms with Crippen molar-refractivity contribution in [3.8, 4) is 5.75 Å². The summed E-state index contributed by atoms with van der Waals surface area (Å²) >= 11 is 6.04. The number of anilines is 1. The fourth-order valence-corrected chi connectivity index (χ4v) is 2.34. The highest BCUT2D eigenvalue weighted by Crippen LogP contribution is 2.24. The van der Waals surface area contributed by atoms with Gasteiger partial charge in [0.05, 0.1) is 5.02 Å². The van der Waals surface area contributed by atoms with E-state index in [1.165, 1.54) is 18.4 Å². The van der Waals surface area contributed by atoms with Crippen LogP contribution in [0.15, 0.2) is 48.5 Å². The van der Waals surface area contributed by atoms with Gasteiger partial charge in [-0.25, -0.2) is 0 Å². The van der Waals surface area contributed by atoms with Crippen LogP contribution in [-0.4, -0.2) is 12.0 Å². The van der Waals surface area contributed by atoms with Gasteiger partial charge in [-0.1, -0.05) is 49.2 Å². The van der Waals surface area contributed by atoms with E-state index in [0.29, 0.717) is 10.8 Å². The third-order valence-electron chi connectivity index (χ3n) is 3.55. The van der Waals surface area contributed by atoms with E-state index in [-0.39, 0.29) is 5.91 Å². The second-order valence-corrected chi connectivity index (χ2v) is 5.89. The van der Waals surface area contributed by atoms with Crippen LogP contribution in [0.2, 0.25) is 5.02 Å². The molecule has 0 bridgehead atoms. The molecule has 0 spiro atoms. The number of para-hydroxylation sites is 1. The van der Waals surface area contributed by atoms with E-state index in [4.69, 9.17) is 16.3 Å². The first-order valence-electron chi connectivity index (χ1n) is 7.91. The Morgan fingerprint density at radius 3 is 2.52 bits per heavy atom. The van der Waals surface area contributed by atoms with Gasteiger partial charge in [-0.2, -0.15) is 0 Å². The van der Waals surface area contributed by atoms with Gasteiger partial charge in [0.15, 0.2) is 6.10 Å².